The smallest absolute Gasteiger partial charge is 0.0992 e. The second-order valence-corrected chi connectivity index (χ2v) is 9.99. The summed E-state index contributed by atoms with van der Waals surface area (Å²) in [6.07, 6.45) is 1.69. The fraction of sp³-hybridized carbons (Fsp3) is 0. The Morgan fingerprint density at radius 2 is 1.27 bits per heavy atom. The van der Waals surface area contributed by atoms with Gasteiger partial charge in [-0.15, -0.1) is 0 Å². The molecule has 0 saturated carbocycles. The Labute approximate surface area is 230 Å². The van der Waals surface area contributed by atoms with Crippen LogP contribution in [0, 0.1) is 11.3 Å². The fourth-order valence-electron chi connectivity index (χ4n) is 6.09. The van der Waals surface area contributed by atoms with Gasteiger partial charge in [0.05, 0.1) is 39.4 Å². The minimum absolute atomic E-state index is 0.600. The van der Waals surface area contributed by atoms with Gasteiger partial charge in [0.25, 0.3) is 0 Å². The Balaban J connectivity index is 1.49. The van der Waals surface area contributed by atoms with E-state index < -0.39 is 0 Å². The largest absolute Gasteiger partial charge is 0.309 e. The predicted molar refractivity (Wildman–Crippen MR) is 163 cm³/mol. The van der Waals surface area contributed by atoms with Crippen molar-refractivity contribution in [3.05, 3.63) is 139 Å². The molecule has 3 heterocycles. The monoisotopic (exact) mass is 510 g/mol. The van der Waals surface area contributed by atoms with E-state index in [9.17, 15) is 5.26 Å². The maximum absolute atomic E-state index is 9.41. The van der Waals surface area contributed by atoms with Crippen LogP contribution >= 0.6 is 0 Å². The molecule has 0 radical (unpaired) electrons. The first-order valence-electron chi connectivity index (χ1n) is 13.3. The number of para-hydroxylation sites is 3. The van der Waals surface area contributed by atoms with Gasteiger partial charge in [-0.05, 0) is 54.6 Å². The van der Waals surface area contributed by atoms with E-state index >= 15 is 0 Å². The molecular formula is C36H22N4. The minimum Gasteiger partial charge on any atom is -0.309 e. The van der Waals surface area contributed by atoms with E-state index in [1.807, 2.05) is 12.1 Å². The lowest BCUT2D eigenvalue weighted by molar-refractivity contribution is 1.17. The number of hydrogen-bond acceptors (Lipinski definition) is 2. The lowest BCUT2D eigenvalue weighted by atomic mass is 10.1. The number of fused-ring (bicyclic) bond motifs is 7. The molecule has 4 nitrogen and oxygen atoms in total. The molecule has 8 aromatic rings. The van der Waals surface area contributed by atoms with E-state index in [0.717, 1.165) is 33.7 Å². The zero-order chi connectivity index (χ0) is 26.6. The van der Waals surface area contributed by atoms with Gasteiger partial charge >= 0.3 is 0 Å². The highest BCUT2D eigenvalue weighted by Gasteiger charge is 2.20. The SMILES string of the molecule is N#Cc1ccnc(-c2cccc(-n3c4ccccc4c4c3ccc3c5ccccc5n(-c5ccccc5)c34)c2)c1. The summed E-state index contributed by atoms with van der Waals surface area (Å²) in [6.45, 7) is 0. The normalized spacial score (nSPS) is 11.5. The van der Waals surface area contributed by atoms with Crippen LogP contribution in [0.3, 0.4) is 0 Å². The molecule has 0 N–H and O–H groups in total. The Morgan fingerprint density at radius 1 is 0.550 bits per heavy atom. The average Bonchev–Trinajstić information content (AvgIpc) is 3.54. The topological polar surface area (TPSA) is 46.5 Å². The first-order valence-corrected chi connectivity index (χ1v) is 13.3. The Kier molecular flexibility index (Phi) is 4.85. The summed E-state index contributed by atoms with van der Waals surface area (Å²) in [4.78, 5) is 4.55. The van der Waals surface area contributed by atoms with Crippen molar-refractivity contribution >= 4 is 43.6 Å². The van der Waals surface area contributed by atoms with Gasteiger partial charge in [-0.1, -0.05) is 72.8 Å². The standard InChI is InChI=1S/C36H22N4/c37-23-24-19-20-38-31(21-24)25-9-8-12-27(22-25)39-33-16-7-5-14-30(33)35-34(39)18-17-29-28-13-4-6-15-32(28)40(36(29)35)26-10-2-1-3-11-26/h1-22H. The van der Waals surface area contributed by atoms with Gasteiger partial charge in [-0.25, -0.2) is 0 Å². The summed E-state index contributed by atoms with van der Waals surface area (Å²) in [5.74, 6) is 0. The van der Waals surface area contributed by atoms with E-state index in [0.29, 0.717) is 5.56 Å². The van der Waals surface area contributed by atoms with Crippen LogP contribution in [0.15, 0.2) is 134 Å². The molecule has 0 atom stereocenters. The Bertz CT molecular complexity index is 2280. The average molecular weight is 511 g/mol. The number of pyridine rings is 1. The van der Waals surface area contributed by atoms with Gasteiger partial charge in [0.1, 0.15) is 0 Å². The molecule has 0 saturated heterocycles. The molecule has 0 spiro atoms. The number of rotatable bonds is 3. The van der Waals surface area contributed by atoms with Crippen molar-refractivity contribution in [2.75, 3.05) is 0 Å². The van der Waals surface area contributed by atoms with Gasteiger partial charge in [-0.2, -0.15) is 5.26 Å². The van der Waals surface area contributed by atoms with Crippen LogP contribution in [-0.2, 0) is 0 Å². The summed E-state index contributed by atoms with van der Waals surface area (Å²) in [5.41, 5.74) is 9.24. The van der Waals surface area contributed by atoms with Crippen molar-refractivity contribution in [2.24, 2.45) is 0 Å². The number of benzene rings is 5. The summed E-state index contributed by atoms with van der Waals surface area (Å²) in [6, 6.07) is 46.6. The molecular weight excluding hydrogens is 488 g/mol. The molecule has 4 heteroatoms. The van der Waals surface area contributed by atoms with E-state index in [4.69, 9.17) is 0 Å². The second kappa shape index (κ2) is 8.69. The number of hydrogen-bond donors (Lipinski definition) is 0. The first kappa shape index (κ1) is 22.3. The molecule has 0 fully saturated rings. The van der Waals surface area contributed by atoms with E-state index in [2.05, 4.69) is 129 Å². The van der Waals surface area contributed by atoms with Crippen molar-refractivity contribution in [3.8, 4) is 28.7 Å². The van der Waals surface area contributed by atoms with Gasteiger partial charge in [0, 0.05) is 44.7 Å². The van der Waals surface area contributed by atoms with E-state index in [-0.39, 0.29) is 0 Å². The molecule has 0 aliphatic rings. The van der Waals surface area contributed by atoms with Crippen LogP contribution in [0.1, 0.15) is 5.56 Å². The number of aromatic nitrogens is 3. The highest BCUT2D eigenvalue weighted by atomic mass is 15.0. The molecule has 3 aromatic heterocycles. The molecule has 0 aliphatic heterocycles. The molecule has 0 bridgehead atoms. The van der Waals surface area contributed by atoms with E-state index in [1.165, 1.54) is 32.6 Å². The van der Waals surface area contributed by atoms with Gasteiger partial charge < -0.3 is 9.13 Å². The molecule has 186 valence electrons. The maximum atomic E-state index is 9.41. The molecule has 8 rings (SSSR count). The molecule has 0 amide bonds. The van der Waals surface area contributed by atoms with Crippen molar-refractivity contribution in [1.82, 2.24) is 14.1 Å². The van der Waals surface area contributed by atoms with Crippen LogP contribution < -0.4 is 0 Å². The number of nitrogens with zero attached hydrogens (tertiary/aromatic N) is 4. The van der Waals surface area contributed by atoms with Crippen LogP contribution in [0.4, 0.5) is 0 Å². The summed E-state index contributed by atoms with van der Waals surface area (Å²) < 4.78 is 4.74. The summed E-state index contributed by atoms with van der Waals surface area (Å²) in [7, 11) is 0. The number of nitriles is 1. The van der Waals surface area contributed by atoms with Crippen LogP contribution in [-0.4, -0.2) is 14.1 Å². The Hall–Kier alpha value is -5.66. The van der Waals surface area contributed by atoms with Crippen LogP contribution in [0.2, 0.25) is 0 Å². The predicted octanol–water partition coefficient (Wildman–Crippen LogP) is 8.81. The fourth-order valence-corrected chi connectivity index (χ4v) is 6.09. The third-order valence-corrected chi connectivity index (χ3v) is 7.77. The first-order chi connectivity index (χ1) is 19.8. The van der Waals surface area contributed by atoms with Gasteiger partial charge in [0.15, 0.2) is 0 Å². The van der Waals surface area contributed by atoms with Crippen molar-refractivity contribution in [3.63, 3.8) is 0 Å². The molecule has 40 heavy (non-hydrogen) atoms. The van der Waals surface area contributed by atoms with E-state index in [1.54, 1.807) is 12.3 Å². The summed E-state index contributed by atoms with van der Waals surface area (Å²) >= 11 is 0. The summed E-state index contributed by atoms with van der Waals surface area (Å²) in [5, 5.41) is 14.3. The third-order valence-electron chi connectivity index (χ3n) is 7.77. The second-order valence-electron chi connectivity index (χ2n) is 9.99. The maximum Gasteiger partial charge on any atom is 0.0992 e. The molecule has 0 aliphatic carbocycles. The quantitative estimate of drug-likeness (QED) is 0.238. The Morgan fingerprint density at radius 3 is 2.10 bits per heavy atom. The minimum atomic E-state index is 0.600. The lowest BCUT2D eigenvalue weighted by Gasteiger charge is -2.11. The zero-order valence-corrected chi connectivity index (χ0v) is 21.5. The van der Waals surface area contributed by atoms with Crippen LogP contribution in [0.25, 0.3) is 66.2 Å². The van der Waals surface area contributed by atoms with Gasteiger partial charge in [-0.3, -0.25) is 4.98 Å². The molecule has 0 unspecified atom stereocenters. The van der Waals surface area contributed by atoms with Crippen molar-refractivity contribution in [2.45, 2.75) is 0 Å². The van der Waals surface area contributed by atoms with Gasteiger partial charge in [0.2, 0.25) is 0 Å². The third kappa shape index (κ3) is 3.22. The van der Waals surface area contributed by atoms with Crippen molar-refractivity contribution < 1.29 is 0 Å². The highest BCUT2D eigenvalue weighted by Crippen LogP contribution is 2.42. The zero-order valence-electron chi connectivity index (χ0n) is 21.5. The lowest BCUT2D eigenvalue weighted by Crippen LogP contribution is -1.96. The van der Waals surface area contributed by atoms with Crippen molar-refractivity contribution in [1.29, 1.82) is 5.26 Å². The van der Waals surface area contributed by atoms with Crippen LogP contribution in [0.5, 0.6) is 0 Å². The highest BCUT2D eigenvalue weighted by molar-refractivity contribution is 6.26. The molecule has 5 aromatic carbocycles.